The van der Waals surface area contributed by atoms with Crippen molar-refractivity contribution < 1.29 is 8.78 Å². The quantitative estimate of drug-likeness (QED) is 0.729. The van der Waals surface area contributed by atoms with E-state index in [1.807, 2.05) is 6.92 Å². The zero-order chi connectivity index (χ0) is 11.7. The Hall–Kier alpha value is -1.90. The van der Waals surface area contributed by atoms with Crippen LogP contribution >= 0.6 is 0 Å². The van der Waals surface area contributed by atoms with Gasteiger partial charge in [-0.05, 0) is 37.3 Å². The first-order valence-electron chi connectivity index (χ1n) is 4.89. The molecule has 0 bridgehead atoms. The molecule has 0 aliphatic carbocycles. The van der Waals surface area contributed by atoms with Crippen molar-refractivity contribution in [2.45, 2.75) is 6.92 Å². The molecule has 0 heterocycles. The van der Waals surface area contributed by atoms with Crippen LogP contribution in [0.1, 0.15) is 5.56 Å². The molecule has 0 fully saturated rings. The third-order valence-electron chi connectivity index (χ3n) is 2.41. The number of nitrogen functional groups attached to an aromatic ring is 1. The first-order valence-corrected chi connectivity index (χ1v) is 4.89. The highest BCUT2D eigenvalue weighted by Crippen LogP contribution is 2.27. The van der Waals surface area contributed by atoms with E-state index in [0.717, 1.165) is 5.56 Å². The minimum Gasteiger partial charge on any atom is -0.399 e. The van der Waals surface area contributed by atoms with E-state index >= 15 is 0 Å². The standard InChI is InChI=1S/C13H11F2N/c1-8-2-5-12(14)11(6-8)10-4-3-9(16)7-13(10)15/h2-7H,16H2,1H3. The monoisotopic (exact) mass is 219 g/mol. The molecule has 0 aromatic heterocycles. The van der Waals surface area contributed by atoms with Gasteiger partial charge >= 0.3 is 0 Å². The predicted octanol–water partition coefficient (Wildman–Crippen LogP) is 3.52. The number of nitrogens with two attached hydrogens (primary N) is 1. The van der Waals surface area contributed by atoms with Crippen LogP contribution in [-0.2, 0) is 0 Å². The van der Waals surface area contributed by atoms with E-state index in [4.69, 9.17) is 5.73 Å². The van der Waals surface area contributed by atoms with Gasteiger partial charge in [0.25, 0.3) is 0 Å². The van der Waals surface area contributed by atoms with Gasteiger partial charge in [0.05, 0.1) is 0 Å². The fourth-order valence-corrected chi connectivity index (χ4v) is 1.60. The van der Waals surface area contributed by atoms with E-state index in [1.54, 1.807) is 18.2 Å². The Morgan fingerprint density at radius 3 is 2.31 bits per heavy atom. The summed E-state index contributed by atoms with van der Waals surface area (Å²) in [5, 5.41) is 0. The second-order valence-corrected chi connectivity index (χ2v) is 3.72. The minimum absolute atomic E-state index is 0.232. The average molecular weight is 219 g/mol. The van der Waals surface area contributed by atoms with Gasteiger partial charge in [-0.25, -0.2) is 8.78 Å². The summed E-state index contributed by atoms with van der Waals surface area (Å²) < 4.78 is 27.1. The summed E-state index contributed by atoms with van der Waals surface area (Å²) in [7, 11) is 0. The molecule has 0 unspecified atom stereocenters. The molecule has 0 aliphatic heterocycles. The van der Waals surface area contributed by atoms with Crippen molar-refractivity contribution in [3.05, 3.63) is 53.6 Å². The Morgan fingerprint density at radius 2 is 1.62 bits per heavy atom. The van der Waals surface area contributed by atoms with Crippen molar-refractivity contribution >= 4 is 5.69 Å². The number of halogens is 2. The van der Waals surface area contributed by atoms with Gasteiger partial charge in [-0.15, -0.1) is 0 Å². The van der Waals surface area contributed by atoms with Gasteiger partial charge < -0.3 is 5.73 Å². The van der Waals surface area contributed by atoms with Crippen LogP contribution in [0.15, 0.2) is 36.4 Å². The van der Waals surface area contributed by atoms with Crippen molar-refractivity contribution in [3.8, 4) is 11.1 Å². The van der Waals surface area contributed by atoms with E-state index in [1.165, 1.54) is 18.2 Å². The first kappa shape index (κ1) is 10.6. The van der Waals surface area contributed by atoms with Gasteiger partial charge in [-0.1, -0.05) is 11.6 Å². The van der Waals surface area contributed by atoms with E-state index in [-0.39, 0.29) is 11.1 Å². The van der Waals surface area contributed by atoms with Crippen molar-refractivity contribution in [1.82, 2.24) is 0 Å². The van der Waals surface area contributed by atoms with Gasteiger partial charge in [0.2, 0.25) is 0 Å². The van der Waals surface area contributed by atoms with Crippen LogP contribution in [0.2, 0.25) is 0 Å². The van der Waals surface area contributed by atoms with Gasteiger partial charge in [-0.3, -0.25) is 0 Å². The Balaban J connectivity index is 2.62. The van der Waals surface area contributed by atoms with E-state index < -0.39 is 11.6 Å². The zero-order valence-electron chi connectivity index (χ0n) is 8.80. The molecule has 2 aromatic carbocycles. The van der Waals surface area contributed by atoms with Crippen LogP contribution in [0.4, 0.5) is 14.5 Å². The lowest BCUT2D eigenvalue weighted by Crippen LogP contribution is -1.92. The fraction of sp³-hybridized carbons (Fsp3) is 0.0769. The average Bonchev–Trinajstić information content (AvgIpc) is 2.22. The lowest BCUT2D eigenvalue weighted by molar-refractivity contribution is 0.616. The molecule has 0 atom stereocenters. The summed E-state index contributed by atoms with van der Waals surface area (Å²) in [6.07, 6.45) is 0. The van der Waals surface area contributed by atoms with Crippen LogP contribution < -0.4 is 5.73 Å². The zero-order valence-corrected chi connectivity index (χ0v) is 8.80. The summed E-state index contributed by atoms with van der Waals surface area (Å²) in [6, 6.07) is 8.83. The molecule has 0 aliphatic rings. The molecule has 0 radical (unpaired) electrons. The van der Waals surface area contributed by atoms with Crippen LogP contribution in [0, 0.1) is 18.6 Å². The maximum absolute atomic E-state index is 13.6. The topological polar surface area (TPSA) is 26.0 Å². The van der Waals surface area contributed by atoms with Crippen LogP contribution in [-0.4, -0.2) is 0 Å². The predicted molar refractivity (Wildman–Crippen MR) is 60.9 cm³/mol. The summed E-state index contributed by atoms with van der Waals surface area (Å²) in [6.45, 7) is 1.83. The third-order valence-corrected chi connectivity index (χ3v) is 2.41. The smallest absolute Gasteiger partial charge is 0.133 e. The second kappa shape index (κ2) is 3.93. The third kappa shape index (κ3) is 1.89. The molecule has 0 spiro atoms. The number of rotatable bonds is 1. The van der Waals surface area contributed by atoms with Crippen LogP contribution in [0.5, 0.6) is 0 Å². The molecule has 2 rings (SSSR count). The van der Waals surface area contributed by atoms with E-state index in [9.17, 15) is 8.78 Å². The number of anilines is 1. The molecular formula is C13H11F2N. The molecule has 0 amide bonds. The largest absolute Gasteiger partial charge is 0.399 e. The Morgan fingerprint density at radius 1 is 0.875 bits per heavy atom. The van der Waals surface area contributed by atoms with Gasteiger partial charge in [-0.2, -0.15) is 0 Å². The maximum atomic E-state index is 13.6. The number of benzene rings is 2. The highest BCUT2D eigenvalue weighted by atomic mass is 19.1. The highest BCUT2D eigenvalue weighted by molar-refractivity contribution is 5.67. The van der Waals surface area contributed by atoms with E-state index in [2.05, 4.69) is 0 Å². The van der Waals surface area contributed by atoms with E-state index in [0.29, 0.717) is 5.69 Å². The van der Waals surface area contributed by atoms with Crippen molar-refractivity contribution in [2.75, 3.05) is 5.73 Å². The van der Waals surface area contributed by atoms with Gasteiger partial charge in [0.1, 0.15) is 11.6 Å². The summed E-state index contributed by atoms with van der Waals surface area (Å²) in [5.74, 6) is -0.946. The Labute approximate surface area is 92.5 Å². The Bertz CT molecular complexity index is 535. The highest BCUT2D eigenvalue weighted by Gasteiger charge is 2.10. The van der Waals surface area contributed by atoms with Crippen LogP contribution in [0.3, 0.4) is 0 Å². The normalized spacial score (nSPS) is 10.4. The maximum Gasteiger partial charge on any atom is 0.133 e. The summed E-state index contributed by atoms with van der Waals surface area (Å²) in [5.41, 5.74) is 7.14. The molecule has 16 heavy (non-hydrogen) atoms. The fourth-order valence-electron chi connectivity index (χ4n) is 1.60. The van der Waals surface area contributed by atoms with Gasteiger partial charge in [0.15, 0.2) is 0 Å². The molecule has 3 heteroatoms. The number of hydrogen-bond donors (Lipinski definition) is 1. The number of hydrogen-bond acceptors (Lipinski definition) is 1. The lowest BCUT2D eigenvalue weighted by Gasteiger charge is -2.06. The molecule has 1 nitrogen and oxygen atoms in total. The van der Waals surface area contributed by atoms with Crippen molar-refractivity contribution in [2.24, 2.45) is 0 Å². The molecule has 2 aromatic rings. The summed E-state index contributed by atoms with van der Waals surface area (Å²) >= 11 is 0. The molecule has 0 saturated carbocycles. The first-order chi connectivity index (χ1) is 7.58. The molecule has 2 N–H and O–H groups in total. The van der Waals surface area contributed by atoms with Crippen molar-refractivity contribution in [3.63, 3.8) is 0 Å². The molecule has 0 saturated heterocycles. The second-order valence-electron chi connectivity index (χ2n) is 3.72. The van der Waals surface area contributed by atoms with Gasteiger partial charge in [0, 0.05) is 16.8 Å². The lowest BCUT2D eigenvalue weighted by atomic mass is 10.0. The van der Waals surface area contributed by atoms with Crippen molar-refractivity contribution in [1.29, 1.82) is 0 Å². The van der Waals surface area contributed by atoms with Crippen LogP contribution in [0.25, 0.3) is 11.1 Å². The minimum atomic E-state index is -0.510. The SMILES string of the molecule is Cc1ccc(F)c(-c2ccc(N)cc2F)c1. The summed E-state index contributed by atoms with van der Waals surface area (Å²) in [4.78, 5) is 0. The molecule has 82 valence electrons. The number of aryl methyl sites for hydroxylation is 1. The Kier molecular flexibility index (Phi) is 2.60. The molecular weight excluding hydrogens is 208 g/mol.